The summed E-state index contributed by atoms with van der Waals surface area (Å²) in [4.78, 5) is 29.6. The van der Waals surface area contributed by atoms with Gasteiger partial charge >= 0.3 is 0 Å². The number of likely N-dealkylation sites (tertiary alicyclic amines) is 1. The largest absolute Gasteiger partial charge is 0.339 e. The number of carbonyl (C=O) groups is 1. The molecule has 4 heteroatoms. The molecule has 1 fully saturated rings. The van der Waals surface area contributed by atoms with E-state index < -0.39 is 0 Å². The topological polar surface area (TPSA) is 53.2 Å². The van der Waals surface area contributed by atoms with Gasteiger partial charge in [0, 0.05) is 30.2 Å². The van der Waals surface area contributed by atoms with E-state index in [0.29, 0.717) is 10.9 Å². The van der Waals surface area contributed by atoms with Crippen LogP contribution in [0.1, 0.15) is 36.0 Å². The standard InChI is InChI=1S/C22H22N2O2/c25-21-20-15-18(9-8-16(20)10-11-23-21)17-6-5-7-19(14-17)22(26)24-12-3-1-2-4-13-24/h5-11,14-15H,1-4,12-13H2,(H,23,25). The third-order valence-electron chi connectivity index (χ3n) is 5.11. The lowest BCUT2D eigenvalue weighted by Crippen LogP contribution is -2.31. The Morgan fingerprint density at radius 1 is 0.885 bits per heavy atom. The highest BCUT2D eigenvalue weighted by molar-refractivity contribution is 5.96. The molecule has 2 heterocycles. The van der Waals surface area contributed by atoms with E-state index in [0.717, 1.165) is 42.4 Å². The maximum absolute atomic E-state index is 12.9. The van der Waals surface area contributed by atoms with Crippen molar-refractivity contribution in [3.8, 4) is 11.1 Å². The van der Waals surface area contributed by atoms with Crippen LogP contribution in [0.3, 0.4) is 0 Å². The lowest BCUT2D eigenvalue weighted by molar-refractivity contribution is 0.0761. The number of aromatic nitrogens is 1. The van der Waals surface area contributed by atoms with Gasteiger partial charge in [-0.3, -0.25) is 9.59 Å². The van der Waals surface area contributed by atoms with E-state index in [1.807, 2.05) is 53.4 Å². The summed E-state index contributed by atoms with van der Waals surface area (Å²) in [6, 6.07) is 15.4. The number of hydrogen-bond donors (Lipinski definition) is 1. The Kier molecular flexibility index (Phi) is 4.57. The first kappa shape index (κ1) is 16.6. The molecule has 132 valence electrons. The number of pyridine rings is 1. The van der Waals surface area contributed by atoms with Gasteiger partial charge in [-0.15, -0.1) is 0 Å². The highest BCUT2D eigenvalue weighted by Gasteiger charge is 2.17. The third kappa shape index (κ3) is 3.27. The van der Waals surface area contributed by atoms with Crippen LogP contribution in [0, 0.1) is 0 Å². The van der Waals surface area contributed by atoms with E-state index in [-0.39, 0.29) is 11.5 Å². The second kappa shape index (κ2) is 7.16. The van der Waals surface area contributed by atoms with Crippen LogP contribution in [-0.4, -0.2) is 28.9 Å². The smallest absolute Gasteiger partial charge is 0.255 e. The lowest BCUT2D eigenvalue weighted by Gasteiger charge is -2.20. The van der Waals surface area contributed by atoms with Crippen molar-refractivity contribution in [2.24, 2.45) is 0 Å². The Hall–Kier alpha value is -2.88. The van der Waals surface area contributed by atoms with Gasteiger partial charge in [0.1, 0.15) is 0 Å². The summed E-state index contributed by atoms with van der Waals surface area (Å²) in [6.07, 6.45) is 6.23. The average Bonchev–Trinajstić information content (AvgIpc) is 2.97. The Morgan fingerprint density at radius 3 is 2.46 bits per heavy atom. The van der Waals surface area contributed by atoms with Gasteiger partial charge in [0.2, 0.25) is 0 Å². The van der Waals surface area contributed by atoms with E-state index in [1.54, 1.807) is 6.20 Å². The summed E-state index contributed by atoms with van der Waals surface area (Å²) in [5.74, 6) is 0.104. The van der Waals surface area contributed by atoms with E-state index >= 15 is 0 Å². The van der Waals surface area contributed by atoms with Crippen molar-refractivity contribution in [3.05, 3.63) is 70.6 Å². The van der Waals surface area contributed by atoms with E-state index in [4.69, 9.17) is 0 Å². The summed E-state index contributed by atoms with van der Waals surface area (Å²) >= 11 is 0. The first-order chi connectivity index (χ1) is 12.7. The van der Waals surface area contributed by atoms with Gasteiger partial charge in [0.15, 0.2) is 0 Å². The van der Waals surface area contributed by atoms with E-state index in [1.165, 1.54) is 12.8 Å². The second-order valence-corrected chi connectivity index (χ2v) is 6.90. The molecule has 26 heavy (non-hydrogen) atoms. The molecule has 2 aromatic carbocycles. The zero-order valence-electron chi connectivity index (χ0n) is 14.7. The minimum absolute atomic E-state index is 0.0962. The number of fused-ring (bicyclic) bond motifs is 1. The molecule has 1 aliphatic heterocycles. The molecule has 0 aliphatic carbocycles. The number of amides is 1. The van der Waals surface area contributed by atoms with Gasteiger partial charge in [0.05, 0.1) is 0 Å². The van der Waals surface area contributed by atoms with Crippen molar-refractivity contribution in [3.63, 3.8) is 0 Å². The minimum Gasteiger partial charge on any atom is -0.339 e. The third-order valence-corrected chi connectivity index (χ3v) is 5.11. The summed E-state index contributed by atoms with van der Waals surface area (Å²) < 4.78 is 0. The van der Waals surface area contributed by atoms with Gasteiger partial charge in [-0.2, -0.15) is 0 Å². The van der Waals surface area contributed by atoms with Crippen molar-refractivity contribution < 1.29 is 4.79 Å². The first-order valence-electron chi connectivity index (χ1n) is 9.23. The van der Waals surface area contributed by atoms with Gasteiger partial charge in [0.25, 0.3) is 11.5 Å². The summed E-state index contributed by atoms with van der Waals surface area (Å²) in [5, 5.41) is 1.57. The van der Waals surface area contributed by atoms with Crippen LogP contribution in [0.25, 0.3) is 21.9 Å². The molecule has 1 aliphatic rings. The number of carbonyl (C=O) groups excluding carboxylic acids is 1. The molecule has 1 aromatic heterocycles. The number of hydrogen-bond acceptors (Lipinski definition) is 2. The summed E-state index contributed by atoms with van der Waals surface area (Å²) in [6.45, 7) is 1.68. The van der Waals surface area contributed by atoms with E-state index in [2.05, 4.69) is 4.98 Å². The molecule has 0 saturated carbocycles. The van der Waals surface area contributed by atoms with E-state index in [9.17, 15) is 9.59 Å². The molecule has 0 bridgehead atoms. The van der Waals surface area contributed by atoms with Gasteiger partial charge < -0.3 is 9.88 Å². The second-order valence-electron chi connectivity index (χ2n) is 6.90. The van der Waals surface area contributed by atoms with Crippen LogP contribution in [0.2, 0.25) is 0 Å². The number of rotatable bonds is 2. The highest BCUT2D eigenvalue weighted by atomic mass is 16.2. The van der Waals surface area contributed by atoms with Gasteiger partial charge in [-0.1, -0.05) is 37.1 Å². The van der Waals surface area contributed by atoms with Crippen LogP contribution in [0.15, 0.2) is 59.5 Å². The number of benzene rings is 2. The fraction of sp³-hybridized carbons (Fsp3) is 0.273. The normalized spacial score (nSPS) is 15.0. The van der Waals surface area contributed by atoms with Crippen LogP contribution < -0.4 is 5.56 Å². The van der Waals surface area contributed by atoms with Crippen molar-refractivity contribution in [1.29, 1.82) is 0 Å². The molecule has 0 unspecified atom stereocenters. The molecular weight excluding hydrogens is 324 g/mol. The van der Waals surface area contributed by atoms with Crippen molar-refractivity contribution in [2.75, 3.05) is 13.1 Å². The van der Waals surface area contributed by atoms with Gasteiger partial charge in [-0.05, 0) is 53.6 Å². The Bertz CT molecular complexity index is 998. The molecule has 0 radical (unpaired) electrons. The quantitative estimate of drug-likeness (QED) is 0.756. The fourth-order valence-electron chi connectivity index (χ4n) is 3.65. The molecule has 3 aromatic rings. The van der Waals surface area contributed by atoms with Gasteiger partial charge in [-0.25, -0.2) is 0 Å². The lowest BCUT2D eigenvalue weighted by atomic mass is 10.00. The number of aromatic amines is 1. The molecule has 0 spiro atoms. The predicted octanol–water partition coefficient (Wildman–Crippen LogP) is 4.21. The minimum atomic E-state index is -0.0962. The number of nitrogens with one attached hydrogen (secondary N) is 1. The number of H-pyrrole nitrogens is 1. The Labute approximate surface area is 152 Å². The highest BCUT2D eigenvalue weighted by Crippen LogP contribution is 2.24. The van der Waals surface area contributed by atoms with Crippen LogP contribution in [0.4, 0.5) is 0 Å². The zero-order chi connectivity index (χ0) is 17.9. The first-order valence-corrected chi connectivity index (χ1v) is 9.23. The SMILES string of the molecule is O=C(c1cccc(-c2ccc3cc[nH]c(=O)c3c2)c1)N1CCCCCC1. The molecule has 4 rings (SSSR count). The van der Waals surface area contributed by atoms with Crippen molar-refractivity contribution in [2.45, 2.75) is 25.7 Å². The molecular formula is C22H22N2O2. The molecule has 1 N–H and O–H groups in total. The van der Waals surface area contributed by atoms with Crippen molar-refractivity contribution >= 4 is 16.7 Å². The molecule has 0 atom stereocenters. The number of nitrogens with zero attached hydrogens (tertiary/aromatic N) is 1. The Morgan fingerprint density at radius 2 is 1.65 bits per heavy atom. The maximum Gasteiger partial charge on any atom is 0.255 e. The van der Waals surface area contributed by atoms with Crippen LogP contribution >= 0.6 is 0 Å². The van der Waals surface area contributed by atoms with Crippen LogP contribution in [-0.2, 0) is 0 Å². The zero-order valence-corrected chi connectivity index (χ0v) is 14.7. The summed E-state index contributed by atoms with van der Waals surface area (Å²) in [5.41, 5.74) is 2.52. The molecule has 4 nitrogen and oxygen atoms in total. The fourth-order valence-corrected chi connectivity index (χ4v) is 3.65. The molecule has 1 amide bonds. The van der Waals surface area contributed by atoms with Crippen molar-refractivity contribution in [1.82, 2.24) is 9.88 Å². The van der Waals surface area contributed by atoms with Crippen LogP contribution in [0.5, 0.6) is 0 Å². The maximum atomic E-state index is 12.9. The Balaban J connectivity index is 1.68. The molecule has 1 saturated heterocycles. The summed E-state index contributed by atoms with van der Waals surface area (Å²) in [7, 11) is 0. The predicted molar refractivity (Wildman–Crippen MR) is 104 cm³/mol. The monoisotopic (exact) mass is 346 g/mol. The average molecular weight is 346 g/mol.